The Morgan fingerprint density at radius 2 is 2.00 bits per heavy atom. The summed E-state index contributed by atoms with van der Waals surface area (Å²) in [6.07, 6.45) is 3.06. The van der Waals surface area contributed by atoms with E-state index in [0.29, 0.717) is 6.42 Å². The Morgan fingerprint density at radius 3 is 2.56 bits per heavy atom. The van der Waals surface area contributed by atoms with E-state index in [4.69, 9.17) is 16.9 Å². The second kappa shape index (κ2) is 4.86. The molecule has 3 heteroatoms. The molecule has 1 aliphatic rings. The van der Waals surface area contributed by atoms with Crippen LogP contribution in [0, 0.1) is 16.7 Å². The molecule has 0 spiro atoms. The van der Waals surface area contributed by atoms with E-state index in [1.54, 1.807) is 0 Å². The fraction of sp³-hybridized carbons (Fsp3) is 0.462. The van der Waals surface area contributed by atoms with Gasteiger partial charge in [-0.1, -0.05) is 23.7 Å². The van der Waals surface area contributed by atoms with Gasteiger partial charge in [0.15, 0.2) is 0 Å². The highest BCUT2D eigenvalue weighted by Crippen LogP contribution is 2.47. The van der Waals surface area contributed by atoms with E-state index < -0.39 is 0 Å². The van der Waals surface area contributed by atoms with Crippen LogP contribution in [-0.4, -0.2) is 6.54 Å². The van der Waals surface area contributed by atoms with Crippen LogP contribution >= 0.6 is 11.6 Å². The van der Waals surface area contributed by atoms with Crippen molar-refractivity contribution >= 4 is 11.6 Å². The van der Waals surface area contributed by atoms with E-state index in [2.05, 4.69) is 11.4 Å². The van der Waals surface area contributed by atoms with Crippen LogP contribution in [0.2, 0.25) is 5.02 Å². The van der Waals surface area contributed by atoms with E-state index >= 15 is 0 Å². The highest BCUT2D eigenvalue weighted by Gasteiger charge is 2.41. The molecule has 0 unspecified atom stereocenters. The van der Waals surface area contributed by atoms with Crippen molar-refractivity contribution in [1.29, 1.82) is 5.26 Å². The highest BCUT2D eigenvalue weighted by molar-refractivity contribution is 6.30. The zero-order valence-electron chi connectivity index (χ0n) is 9.17. The zero-order valence-corrected chi connectivity index (χ0v) is 9.93. The van der Waals surface area contributed by atoms with Crippen LogP contribution in [-0.2, 0) is 6.54 Å². The Bertz CT molecular complexity index is 387. The van der Waals surface area contributed by atoms with Gasteiger partial charge in [-0.2, -0.15) is 5.26 Å². The topological polar surface area (TPSA) is 35.8 Å². The minimum Gasteiger partial charge on any atom is -0.312 e. The lowest BCUT2D eigenvalue weighted by atomic mass is 10.0. The summed E-state index contributed by atoms with van der Waals surface area (Å²) in [5.74, 6) is 0. The van der Waals surface area contributed by atoms with E-state index in [0.717, 1.165) is 18.1 Å². The first-order chi connectivity index (χ1) is 7.74. The summed E-state index contributed by atoms with van der Waals surface area (Å²) in [5, 5.41) is 12.9. The lowest BCUT2D eigenvalue weighted by Gasteiger charge is -2.12. The number of rotatable bonds is 5. The van der Waals surface area contributed by atoms with Gasteiger partial charge in [-0.15, -0.1) is 0 Å². The van der Waals surface area contributed by atoms with Gasteiger partial charge in [-0.05, 0) is 36.0 Å². The Balaban J connectivity index is 1.76. The van der Waals surface area contributed by atoms with Crippen LogP contribution in [0.25, 0.3) is 0 Å². The quantitative estimate of drug-likeness (QED) is 0.850. The van der Waals surface area contributed by atoms with Crippen LogP contribution in [0.1, 0.15) is 24.8 Å². The largest absolute Gasteiger partial charge is 0.312 e. The summed E-state index contributed by atoms with van der Waals surface area (Å²) in [4.78, 5) is 0. The maximum Gasteiger partial charge on any atom is 0.0628 e. The molecule has 1 aliphatic carbocycles. The summed E-state index contributed by atoms with van der Waals surface area (Å²) in [6, 6.07) is 10.1. The molecule has 0 radical (unpaired) electrons. The normalized spacial score (nSPS) is 16.8. The van der Waals surface area contributed by atoms with Gasteiger partial charge in [-0.3, -0.25) is 0 Å². The molecule has 0 aromatic heterocycles. The Labute approximate surface area is 101 Å². The maximum atomic E-state index is 8.70. The molecule has 1 fully saturated rings. The fourth-order valence-electron chi connectivity index (χ4n) is 1.83. The molecule has 0 atom stereocenters. The van der Waals surface area contributed by atoms with Gasteiger partial charge in [0.25, 0.3) is 0 Å². The third kappa shape index (κ3) is 2.98. The second-order valence-corrected chi connectivity index (χ2v) is 5.00. The van der Waals surface area contributed by atoms with Gasteiger partial charge < -0.3 is 5.32 Å². The molecular weight excluding hydrogens is 220 g/mol. The molecule has 1 saturated carbocycles. The van der Waals surface area contributed by atoms with Crippen molar-refractivity contribution in [2.45, 2.75) is 25.8 Å². The van der Waals surface area contributed by atoms with Gasteiger partial charge in [0, 0.05) is 24.5 Å². The predicted molar refractivity (Wildman–Crippen MR) is 65.1 cm³/mol. The van der Waals surface area contributed by atoms with E-state index in [9.17, 15) is 0 Å². The van der Waals surface area contributed by atoms with Gasteiger partial charge in [0.05, 0.1) is 6.07 Å². The van der Waals surface area contributed by atoms with Crippen molar-refractivity contribution in [3.8, 4) is 6.07 Å². The molecule has 0 bridgehead atoms. The van der Waals surface area contributed by atoms with Crippen LogP contribution in [0.3, 0.4) is 0 Å². The number of hydrogen-bond acceptors (Lipinski definition) is 2. The molecule has 0 amide bonds. The Kier molecular flexibility index (Phi) is 3.48. The lowest BCUT2D eigenvalue weighted by Crippen LogP contribution is -2.23. The monoisotopic (exact) mass is 234 g/mol. The molecule has 1 aromatic rings. The Hall–Kier alpha value is -1.04. The van der Waals surface area contributed by atoms with Gasteiger partial charge in [0.1, 0.15) is 0 Å². The summed E-state index contributed by atoms with van der Waals surface area (Å²) >= 11 is 5.81. The number of nitriles is 1. The predicted octanol–water partition coefficient (Wildman–Crippen LogP) is 3.12. The average Bonchev–Trinajstić information content (AvgIpc) is 3.02. The minimum absolute atomic E-state index is 0.279. The number of hydrogen-bond donors (Lipinski definition) is 1. The summed E-state index contributed by atoms with van der Waals surface area (Å²) < 4.78 is 0. The molecule has 0 heterocycles. The molecule has 1 N–H and O–H groups in total. The smallest absolute Gasteiger partial charge is 0.0628 e. The molecule has 0 aliphatic heterocycles. The van der Waals surface area contributed by atoms with Crippen LogP contribution in [0.4, 0.5) is 0 Å². The van der Waals surface area contributed by atoms with Crippen LogP contribution < -0.4 is 5.32 Å². The van der Waals surface area contributed by atoms with Crippen molar-refractivity contribution in [3.05, 3.63) is 34.9 Å². The number of halogens is 1. The first kappa shape index (κ1) is 11.4. The molecule has 16 heavy (non-hydrogen) atoms. The Morgan fingerprint density at radius 1 is 1.31 bits per heavy atom. The zero-order chi connectivity index (χ0) is 11.4. The average molecular weight is 235 g/mol. The molecule has 0 saturated heterocycles. The number of nitrogens with zero attached hydrogens (tertiary/aromatic N) is 1. The van der Waals surface area contributed by atoms with Gasteiger partial charge in [0.2, 0.25) is 0 Å². The SMILES string of the molecule is N#CCC1(CNCc2ccc(Cl)cc2)CC1. The molecule has 84 valence electrons. The molecule has 1 aromatic carbocycles. The minimum atomic E-state index is 0.279. The standard InChI is InChI=1S/C13H15ClN2/c14-12-3-1-11(2-4-12)9-16-10-13(5-6-13)7-8-15/h1-4,16H,5-7,9-10H2. The van der Waals surface area contributed by atoms with Gasteiger partial charge >= 0.3 is 0 Å². The van der Waals surface area contributed by atoms with Crippen LogP contribution in [0.15, 0.2) is 24.3 Å². The van der Waals surface area contributed by atoms with Crippen molar-refractivity contribution in [1.82, 2.24) is 5.32 Å². The van der Waals surface area contributed by atoms with Gasteiger partial charge in [-0.25, -0.2) is 0 Å². The fourth-order valence-corrected chi connectivity index (χ4v) is 1.96. The molecule has 2 rings (SSSR count). The van der Waals surface area contributed by atoms with Crippen LogP contribution in [0.5, 0.6) is 0 Å². The number of nitrogens with one attached hydrogen (secondary N) is 1. The third-order valence-corrected chi connectivity index (χ3v) is 3.41. The summed E-state index contributed by atoms with van der Waals surface area (Å²) in [5.41, 5.74) is 1.51. The maximum absolute atomic E-state index is 8.70. The second-order valence-electron chi connectivity index (χ2n) is 4.56. The van der Waals surface area contributed by atoms with Crippen molar-refractivity contribution in [2.24, 2.45) is 5.41 Å². The lowest BCUT2D eigenvalue weighted by molar-refractivity contribution is 0.466. The summed E-state index contributed by atoms with van der Waals surface area (Å²) in [6.45, 7) is 1.80. The van der Waals surface area contributed by atoms with Crippen molar-refractivity contribution < 1.29 is 0 Å². The van der Waals surface area contributed by atoms with E-state index in [1.807, 2.05) is 24.3 Å². The summed E-state index contributed by atoms with van der Waals surface area (Å²) in [7, 11) is 0. The van der Waals surface area contributed by atoms with E-state index in [1.165, 1.54) is 18.4 Å². The van der Waals surface area contributed by atoms with Crippen molar-refractivity contribution in [3.63, 3.8) is 0 Å². The molecule has 2 nitrogen and oxygen atoms in total. The first-order valence-electron chi connectivity index (χ1n) is 5.56. The van der Waals surface area contributed by atoms with Crippen molar-refractivity contribution in [2.75, 3.05) is 6.54 Å². The highest BCUT2D eigenvalue weighted by atomic mass is 35.5. The first-order valence-corrected chi connectivity index (χ1v) is 5.94. The number of benzene rings is 1. The molecular formula is C13H15ClN2. The van der Waals surface area contributed by atoms with E-state index in [-0.39, 0.29) is 5.41 Å². The third-order valence-electron chi connectivity index (χ3n) is 3.15.